The van der Waals surface area contributed by atoms with E-state index in [9.17, 15) is 4.79 Å². The Bertz CT molecular complexity index is 627. The molecule has 0 atom stereocenters. The lowest BCUT2D eigenvalue weighted by atomic mass is 10.1. The van der Waals surface area contributed by atoms with E-state index in [0.29, 0.717) is 16.9 Å². The zero-order chi connectivity index (χ0) is 13.0. The first kappa shape index (κ1) is 11.9. The van der Waals surface area contributed by atoms with E-state index in [1.165, 1.54) is 6.08 Å². The number of nitriles is 1. The molecule has 0 saturated carbocycles. The van der Waals surface area contributed by atoms with E-state index < -0.39 is 0 Å². The van der Waals surface area contributed by atoms with Gasteiger partial charge in [-0.05, 0) is 55.5 Å². The minimum absolute atomic E-state index is 0.117. The maximum absolute atomic E-state index is 11.8. The number of benzene rings is 1. The van der Waals surface area contributed by atoms with Crippen LogP contribution in [0.3, 0.4) is 0 Å². The highest BCUT2D eigenvalue weighted by atomic mass is 16.3. The van der Waals surface area contributed by atoms with Crippen LogP contribution in [0, 0.1) is 18.3 Å². The molecule has 0 fully saturated rings. The molecule has 0 spiro atoms. The molecule has 0 aliphatic rings. The number of carbonyl (C=O) groups excluding carboxylic acids is 1. The van der Waals surface area contributed by atoms with E-state index in [-0.39, 0.29) is 5.78 Å². The van der Waals surface area contributed by atoms with Crippen molar-refractivity contribution in [1.82, 2.24) is 0 Å². The number of hydrogen-bond donors (Lipinski definition) is 0. The van der Waals surface area contributed by atoms with Gasteiger partial charge < -0.3 is 4.42 Å². The van der Waals surface area contributed by atoms with Gasteiger partial charge in [-0.3, -0.25) is 4.79 Å². The van der Waals surface area contributed by atoms with Crippen molar-refractivity contribution in [3.8, 4) is 6.07 Å². The summed E-state index contributed by atoms with van der Waals surface area (Å²) in [6.45, 7) is 1.85. The summed E-state index contributed by atoms with van der Waals surface area (Å²) in [5.41, 5.74) is 1.09. The maximum atomic E-state index is 11.8. The van der Waals surface area contributed by atoms with E-state index in [2.05, 4.69) is 0 Å². The number of rotatable bonds is 3. The fourth-order valence-electron chi connectivity index (χ4n) is 1.51. The summed E-state index contributed by atoms with van der Waals surface area (Å²) < 4.78 is 5.32. The first-order chi connectivity index (χ1) is 8.69. The molecule has 18 heavy (non-hydrogen) atoms. The standard InChI is InChI=1S/C15H11NO2/c1-11-2-7-14(18-11)8-9-15(17)13-5-3-12(10-16)4-6-13/h2-9H,1H3/b9-8+. The van der Waals surface area contributed by atoms with Gasteiger partial charge in [-0.2, -0.15) is 5.26 Å². The van der Waals surface area contributed by atoms with Crippen molar-refractivity contribution >= 4 is 11.9 Å². The van der Waals surface area contributed by atoms with E-state index in [1.54, 1.807) is 36.4 Å². The van der Waals surface area contributed by atoms with Crippen LogP contribution in [0.15, 0.2) is 46.9 Å². The lowest BCUT2D eigenvalue weighted by Crippen LogP contribution is -1.93. The molecule has 0 saturated heterocycles. The molecule has 1 heterocycles. The Balaban J connectivity index is 2.12. The molecule has 1 aromatic heterocycles. The van der Waals surface area contributed by atoms with Gasteiger partial charge in [-0.1, -0.05) is 0 Å². The van der Waals surface area contributed by atoms with Crippen molar-refractivity contribution in [2.24, 2.45) is 0 Å². The zero-order valence-corrected chi connectivity index (χ0v) is 9.88. The summed E-state index contributed by atoms with van der Waals surface area (Å²) in [5, 5.41) is 8.66. The first-order valence-electron chi connectivity index (χ1n) is 5.48. The molecule has 0 unspecified atom stereocenters. The summed E-state index contributed by atoms with van der Waals surface area (Å²) in [4.78, 5) is 11.8. The van der Waals surface area contributed by atoms with Crippen molar-refractivity contribution in [2.45, 2.75) is 6.92 Å². The quantitative estimate of drug-likeness (QED) is 0.607. The van der Waals surface area contributed by atoms with Crippen molar-refractivity contribution in [3.05, 3.63) is 65.1 Å². The maximum Gasteiger partial charge on any atom is 0.185 e. The summed E-state index contributed by atoms with van der Waals surface area (Å²) in [6.07, 6.45) is 3.09. The lowest BCUT2D eigenvalue weighted by Gasteiger charge is -1.95. The van der Waals surface area contributed by atoms with Gasteiger partial charge in [0.05, 0.1) is 11.6 Å². The van der Waals surface area contributed by atoms with Crippen LogP contribution >= 0.6 is 0 Å². The monoisotopic (exact) mass is 237 g/mol. The summed E-state index contributed by atoms with van der Waals surface area (Å²) in [5.74, 6) is 1.34. The fraction of sp³-hybridized carbons (Fsp3) is 0.0667. The van der Waals surface area contributed by atoms with E-state index in [0.717, 1.165) is 5.76 Å². The normalized spacial score (nSPS) is 10.4. The van der Waals surface area contributed by atoms with E-state index in [1.807, 2.05) is 19.1 Å². The Morgan fingerprint density at radius 3 is 2.50 bits per heavy atom. The highest BCUT2D eigenvalue weighted by molar-refractivity contribution is 6.06. The van der Waals surface area contributed by atoms with Gasteiger partial charge in [0.1, 0.15) is 11.5 Å². The molecule has 0 aliphatic heterocycles. The number of nitrogens with zero attached hydrogens (tertiary/aromatic N) is 1. The van der Waals surface area contributed by atoms with Crippen molar-refractivity contribution < 1.29 is 9.21 Å². The van der Waals surface area contributed by atoms with Crippen LogP contribution in [0.25, 0.3) is 6.08 Å². The van der Waals surface area contributed by atoms with Crippen LogP contribution in [0.5, 0.6) is 0 Å². The second kappa shape index (κ2) is 5.15. The van der Waals surface area contributed by atoms with Gasteiger partial charge in [0.2, 0.25) is 0 Å². The number of aryl methyl sites for hydroxylation is 1. The van der Waals surface area contributed by atoms with E-state index in [4.69, 9.17) is 9.68 Å². The van der Waals surface area contributed by atoms with Gasteiger partial charge in [-0.25, -0.2) is 0 Å². The summed E-state index contributed by atoms with van der Waals surface area (Å²) >= 11 is 0. The third-order valence-corrected chi connectivity index (χ3v) is 2.46. The molecular weight excluding hydrogens is 226 g/mol. The van der Waals surface area contributed by atoms with Gasteiger partial charge in [-0.15, -0.1) is 0 Å². The van der Waals surface area contributed by atoms with Gasteiger partial charge >= 0.3 is 0 Å². The zero-order valence-electron chi connectivity index (χ0n) is 9.88. The summed E-state index contributed by atoms with van der Waals surface area (Å²) in [6, 6.07) is 12.2. The largest absolute Gasteiger partial charge is 0.462 e. The molecule has 3 heteroatoms. The van der Waals surface area contributed by atoms with Crippen molar-refractivity contribution in [2.75, 3.05) is 0 Å². The van der Waals surface area contributed by atoms with Gasteiger partial charge in [0, 0.05) is 5.56 Å². The first-order valence-corrected chi connectivity index (χ1v) is 5.48. The van der Waals surface area contributed by atoms with Gasteiger partial charge in [0.25, 0.3) is 0 Å². The van der Waals surface area contributed by atoms with Crippen LogP contribution in [0.1, 0.15) is 27.4 Å². The molecule has 3 nitrogen and oxygen atoms in total. The third kappa shape index (κ3) is 2.74. The fourth-order valence-corrected chi connectivity index (χ4v) is 1.51. The number of carbonyl (C=O) groups is 1. The number of furan rings is 1. The Labute approximate surface area is 105 Å². The Morgan fingerprint density at radius 1 is 1.22 bits per heavy atom. The van der Waals surface area contributed by atoms with Crippen LogP contribution < -0.4 is 0 Å². The molecule has 1 aromatic carbocycles. The van der Waals surface area contributed by atoms with Crippen LogP contribution in [-0.4, -0.2) is 5.78 Å². The lowest BCUT2D eigenvalue weighted by molar-refractivity contribution is 0.104. The SMILES string of the molecule is Cc1ccc(/C=C/C(=O)c2ccc(C#N)cc2)o1. The Hall–Kier alpha value is -2.60. The highest BCUT2D eigenvalue weighted by Gasteiger charge is 2.02. The molecule has 88 valence electrons. The third-order valence-electron chi connectivity index (χ3n) is 2.46. The van der Waals surface area contributed by atoms with Crippen LogP contribution in [0.2, 0.25) is 0 Å². The molecule has 0 amide bonds. The molecule has 2 aromatic rings. The van der Waals surface area contributed by atoms with E-state index >= 15 is 0 Å². The van der Waals surface area contributed by atoms with Gasteiger partial charge in [0.15, 0.2) is 5.78 Å². The number of ketones is 1. The molecule has 0 bridgehead atoms. The smallest absolute Gasteiger partial charge is 0.185 e. The number of hydrogen-bond acceptors (Lipinski definition) is 3. The van der Waals surface area contributed by atoms with Crippen molar-refractivity contribution in [1.29, 1.82) is 5.26 Å². The Morgan fingerprint density at radius 2 is 1.94 bits per heavy atom. The summed E-state index contributed by atoms with van der Waals surface area (Å²) in [7, 11) is 0. The van der Waals surface area contributed by atoms with Crippen molar-refractivity contribution in [3.63, 3.8) is 0 Å². The highest BCUT2D eigenvalue weighted by Crippen LogP contribution is 2.10. The second-order valence-corrected chi connectivity index (χ2v) is 3.84. The predicted molar refractivity (Wildman–Crippen MR) is 68.0 cm³/mol. The molecule has 0 N–H and O–H groups in total. The second-order valence-electron chi connectivity index (χ2n) is 3.84. The van der Waals surface area contributed by atoms with Crippen LogP contribution in [-0.2, 0) is 0 Å². The number of allylic oxidation sites excluding steroid dienone is 1. The minimum atomic E-state index is -0.117. The predicted octanol–water partition coefficient (Wildman–Crippen LogP) is 3.36. The topological polar surface area (TPSA) is 54.0 Å². The molecule has 0 aliphatic carbocycles. The molecule has 0 radical (unpaired) electrons. The van der Waals surface area contributed by atoms with Crippen LogP contribution in [0.4, 0.5) is 0 Å². The Kier molecular flexibility index (Phi) is 3.40. The molecule has 2 rings (SSSR count). The molecular formula is C15H11NO2. The average molecular weight is 237 g/mol. The average Bonchev–Trinajstić information content (AvgIpc) is 2.82. The minimum Gasteiger partial charge on any atom is -0.462 e.